The second-order valence-electron chi connectivity index (χ2n) is 1.91. The van der Waals surface area contributed by atoms with Crippen LogP contribution in [0.4, 0.5) is 0 Å². The number of hydrogen-bond donors (Lipinski definition) is 2. The average molecular weight is 113 g/mol. The summed E-state index contributed by atoms with van der Waals surface area (Å²) in [7, 11) is 0. The van der Waals surface area contributed by atoms with Crippen molar-refractivity contribution in [2.75, 3.05) is 13.2 Å². The monoisotopic (exact) mass is 113 g/mol. The Balaban J connectivity index is 2.36. The summed E-state index contributed by atoms with van der Waals surface area (Å²) in [6.45, 7) is 1.75. The molecule has 0 aromatic carbocycles. The first-order valence-electron chi connectivity index (χ1n) is 2.89. The normalized spacial score (nSPS) is 21.8. The molecule has 0 unspecified atom stereocenters. The zero-order chi connectivity index (χ0) is 5.82. The van der Waals surface area contributed by atoms with Crippen LogP contribution in [0.3, 0.4) is 0 Å². The van der Waals surface area contributed by atoms with E-state index in [9.17, 15) is 0 Å². The molecule has 3 nitrogen and oxygen atoms in total. The van der Waals surface area contributed by atoms with E-state index in [1.54, 1.807) is 0 Å². The molecule has 0 atom stereocenters. The van der Waals surface area contributed by atoms with Gasteiger partial charge in [-0.25, -0.2) is 0 Å². The largest absolute Gasteiger partial charge is 0.387 e. The van der Waals surface area contributed by atoms with Crippen molar-refractivity contribution in [1.29, 1.82) is 0 Å². The predicted octanol–water partition coefficient (Wildman–Crippen LogP) is -0.316. The van der Waals surface area contributed by atoms with Gasteiger partial charge in [0, 0.05) is 6.42 Å². The van der Waals surface area contributed by atoms with Crippen molar-refractivity contribution in [3.8, 4) is 0 Å². The van der Waals surface area contributed by atoms with Crippen LogP contribution in [0.25, 0.3) is 0 Å². The minimum Gasteiger partial charge on any atom is -0.387 e. The molecule has 0 aromatic heterocycles. The Bertz CT molecular complexity index is 97.8. The molecule has 0 saturated heterocycles. The van der Waals surface area contributed by atoms with Crippen molar-refractivity contribution < 1.29 is 0 Å². The van der Waals surface area contributed by atoms with Gasteiger partial charge in [0.05, 0.1) is 12.5 Å². The number of nitrogens with zero attached hydrogens (tertiary/aromatic N) is 1. The smallest absolute Gasteiger partial charge is 0.0953 e. The molecular formula is C5H11N3. The van der Waals surface area contributed by atoms with Crippen molar-refractivity contribution in [3.63, 3.8) is 0 Å². The Kier molecular flexibility index (Phi) is 1.86. The molecule has 0 aromatic rings. The van der Waals surface area contributed by atoms with Crippen molar-refractivity contribution in [3.05, 3.63) is 0 Å². The van der Waals surface area contributed by atoms with E-state index in [4.69, 9.17) is 5.73 Å². The maximum absolute atomic E-state index is 5.44. The van der Waals surface area contributed by atoms with Gasteiger partial charge in [-0.15, -0.1) is 0 Å². The van der Waals surface area contributed by atoms with Crippen LogP contribution in [0.5, 0.6) is 0 Å². The number of hydrogen-bond acceptors (Lipinski definition) is 3. The molecule has 8 heavy (non-hydrogen) atoms. The molecule has 1 aliphatic rings. The van der Waals surface area contributed by atoms with Gasteiger partial charge in [-0.1, -0.05) is 0 Å². The zero-order valence-electron chi connectivity index (χ0n) is 4.85. The van der Waals surface area contributed by atoms with Gasteiger partial charge in [-0.05, 0) is 13.0 Å². The highest BCUT2D eigenvalue weighted by atomic mass is 15.0. The van der Waals surface area contributed by atoms with Crippen LogP contribution in [0.1, 0.15) is 12.8 Å². The Labute approximate surface area is 49.0 Å². The Hall–Kier alpha value is -0.570. The highest BCUT2D eigenvalue weighted by Crippen LogP contribution is 1.90. The molecule has 0 spiro atoms. The van der Waals surface area contributed by atoms with Gasteiger partial charge in [-0.2, -0.15) is 0 Å². The summed E-state index contributed by atoms with van der Waals surface area (Å²) in [5, 5.41) is 3.11. The fraction of sp³-hybridized carbons (Fsp3) is 0.800. The zero-order valence-corrected chi connectivity index (χ0v) is 4.85. The summed E-state index contributed by atoms with van der Waals surface area (Å²) in [6.07, 6.45) is 2.07. The van der Waals surface area contributed by atoms with E-state index in [2.05, 4.69) is 10.3 Å². The average Bonchev–Trinajstić information content (AvgIpc) is 1.94. The molecule has 1 rings (SSSR count). The standard InChI is InChI=1S/C5H11N3/c6-5-2-1-3-7-4-8-5/h7H,1-4H2,(H2,6,8). The molecule has 1 heterocycles. The van der Waals surface area contributed by atoms with Gasteiger partial charge in [0.25, 0.3) is 0 Å². The number of rotatable bonds is 0. The molecule has 0 amide bonds. The lowest BCUT2D eigenvalue weighted by atomic mass is 10.3. The number of aliphatic imine (C=N–C) groups is 1. The van der Waals surface area contributed by atoms with Gasteiger partial charge >= 0.3 is 0 Å². The topological polar surface area (TPSA) is 50.4 Å². The Morgan fingerprint density at radius 3 is 3.38 bits per heavy atom. The van der Waals surface area contributed by atoms with E-state index >= 15 is 0 Å². The van der Waals surface area contributed by atoms with E-state index in [0.717, 1.165) is 25.2 Å². The van der Waals surface area contributed by atoms with Crippen LogP contribution < -0.4 is 11.1 Å². The maximum atomic E-state index is 5.44. The van der Waals surface area contributed by atoms with Crippen molar-refractivity contribution in [2.45, 2.75) is 12.8 Å². The number of nitrogens with one attached hydrogen (secondary N) is 1. The van der Waals surface area contributed by atoms with E-state index in [0.29, 0.717) is 6.67 Å². The second kappa shape index (κ2) is 2.67. The number of nitrogens with two attached hydrogens (primary N) is 1. The van der Waals surface area contributed by atoms with Gasteiger partial charge in [0.15, 0.2) is 0 Å². The van der Waals surface area contributed by atoms with Crippen molar-refractivity contribution in [2.24, 2.45) is 10.7 Å². The molecule has 0 radical (unpaired) electrons. The third kappa shape index (κ3) is 1.50. The van der Waals surface area contributed by atoms with Gasteiger partial charge in [0.2, 0.25) is 0 Å². The van der Waals surface area contributed by atoms with Gasteiger partial charge < -0.3 is 5.73 Å². The van der Waals surface area contributed by atoms with E-state index in [1.165, 1.54) is 0 Å². The van der Waals surface area contributed by atoms with Crippen LogP contribution in [-0.4, -0.2) is 19.0 Å². The molecule has 3 heteroatoms. The summed E-state index contributed by atoms with van der Waals surface area (Å²) in [5.74, 6) is 0.787. The number of amidine groups is 1. The minimum atomic E-state index is 0.700. The third-order valence-corrected chi connectivity index (χ3v) is 1.18. The summed E-state index contributed by atoms with van der Waals surface area (Å²) in [6, 6.07) is 0. The molecule has 3 N–H and O–H groups in total. The quantitative estimate of drug-likeness (QED) is 0.452. The maximum Gasteiger partial charge on any atom is 0.0953 e. The highest BCUT2D eigenvalue weighted by Gasteiger charge is 1.95. The van der Waals surface area contributed by atoms with Crippen molar-refractivity contribution >= 4 is 5.84 Å². The first-order valence-corrected chi connectivity index (χ1v) is 2.89. The third-order valence-electron chi connectivity index (χ3n) is 1.18. The van der Waals surface area contributed by atoms with Crippen LogP contribution in [0.15, 0.2) is 4.99 Å². The second-order valence-corrected chi connectivity index (χ2v) is 1.91. The summed E-state index contributed by atoms with van der Waals surface area (Å²) < 4.78 is 0. The molecule has 0 saturated carbocycles. The Morgan fingerprint density at radius 2 is 2.50 bits per heavy atom. The van der Waals surface area contributed by atoms with Gasteiger partial charge in [-0.3, -0.25) is 10.3 Å². The first-order chi connectivity index (χ1) is 3.89. The fourth-order valence-corrected chi connectivity index (χ4v) is 0.710. The Morgan fingerprint density at radius 1 is 1.62 bits per heavy atom. The fourth-order valence-electron chi connectivity index (χ4n) is 0.710. The summed E-state index contributed by atoms with van der Waals surface area (Å²) in [4.78, 5) is 4.01. The molecule has 0 bridgehead atoms. The lowest BCUT2D eigenvalue weighted by Gasteiger charge is -1.90. The van der Waals surface area contributed by atoms with Crippen LogP contribution in [0.2, 0.25) is 0 Å². The summed E-state index contributed by atoms with van der Waals surface area (Å²) in [5.41, 5.74) is 5.44. The lowest BCUT2D eigenvalue weighted by Crippen LogP contribution is -2.12. The molecule has 0 aliphatic carbocycles. The molecular weight excluding hydrogens is 102 g/mol. The van der Waals surface area contributed by atoms with E-state index in [-0.39, 0.29) is 0 Å². The minimum absolute atomic E-state index is 0.700. The summed E-state index contributed by atoms with van der Waals surface area (Å²) >= 11 is 0. The molecule has 46 valence electrons. The van der Waals surface area contributed by atoms with Crippen LogP contribution >= 0.6 is 0 Å². The predicted molar refractivity (Wildman–Crippen MR) is 33.7 cm³/mol. The first kappa shape index (κ1) is 5.56. The molecule has 0 fully saturated rings. The van der Waals surface area contributed by atoms with Crippen molar-refractivity contribution in [1.82, 2.24) is 5.32 Å². The lowest BCUT2D eigenvalue weighted by molar-refractivity contribution is 0.698. The van der Waals surface area contributed by atoms with E-state index < -0.39 is 0 Å². The SMILES string of the molecule is NC1=NCNCCC1. The van der Waals surface area contributed by atoms with Crippen LogP contribution in [0, 0.1) is 0 Å². The van der Waals surface area contributed by atoms with Crippen LogP contribution in [-0.2, 0) is 0 Å². The van der Waals surface area contributed by atoms with Gasteiger partial charge in [0.1, 0.15) is 0 Å². The molecule has 1 aliphatic heterocycles. The van der Waals surface area contributed by atoms with E-state index in [1.807, 2.05) is 0 Å². The highest BCUT2D eigenvalue weighted by molar-refractivity contribution is 5.80.